The first-order valence-electron chi connectivity index (χ1n) is 7.28. The molecule has 1 atom stereocenters. The topological polar surface area (TPSA) is 87.9 Å². The van der Waals surface area contributed by atoms with Gasteiger partial charge >= 0.3 is 0 Å². The third kappa shape index (κ3) is 2.81. The fourth-order valence-corrected chi connectivity index (χ4v) is 3.77. The van der Waals surface area contributed by atoms with Crippen molar-refractivity contribution in [3.05, 3.63) is 29.7 Å². The average molecular weight is 337 g/mol. The molecule has 23 heavy (non-hydrogen) atoms. The number of nitrogens with zero attached hydrogens (tertiary/aromatic N) is 5. The minimum Gasteiger partial charge on any atom is -0.345 e. The molecule has 9 heteroatoms. The highest BCUT2D eigenvalue weighted by Crippen LogP contribution is 2.29. The Labute approximate surface area is 134 Å². The molecule has 3 heterocycles. The van der Waals surface area contributed by atoms with Crippen molar-refractivity contribution in [2.75, 3.05) is 33.4 Å². The number of carbonyl (C=O) groups is 1. The maximum Gasteiger partial charge on any atom is 0.258 e. The van der Waals surface area contributed by atoms with Crippen molar-refractivity contribution in [2.24, 2.45) is 0 Å². The molecule has 0 aliphatic carbocycles. The average Bonchev–Trinajstić information content (AvgIpc) is 3.12. The highest BCUT2D eigenvalue weighted by molar-refractivity contribution is 7.88. The van der Waals surface area contributed by atoms with Crippen molar-refractivity contribution in [3.63, 3.8) is 0 Å². The molecule has 0 saturated carbocycles. The van der Waals surface area contributed by atoms with Crippen LogP contribution < -0.4 is 0 Å². The summed E-state index contributed by atoms with van der Waals surface area (Å²) in [6, 6.07) is 1.83. The van der Waals surface area contributed by atoms with E-state index >= 15 is 0 Å². The molecular formula is C14H19N5O3S. The summed E-state index contributed by atoms with van der Waals surface area (Å²) < 4.78 is 26.5. The van der Waals surface area contributed by atoms with E-state index in [1.54, 1.807) is 24.8 Å². The number of rotatable bonds is 3. The van der Waals surface area contributed by atoms with E-state index < -0.39 is 10.0 Å². The van der Waals surface area contributed by atoms with Gasteiger partial charge in [-0.1, -0.05) is 0 Å². The van der Waals surface area contributed by atoms with Gasteiger partial charge in [-0.25, -0.2) is 22.2 Å². The Morgan fingerprint density at radius 1 is 1.39 bits per heavy atom. The highest BCUT2D eigenvalue weighted by Gasteiger charge is 2.31. The number of hydrogen-bond donors (Lipinski definition) is 0. The zero-order chi connectivity index (χ0) is 16.8. The quantitative estimate of drug-likeness (QED) is 0.797. The Kier molecular flexibility index (Phi) is 3.85. The third-order valence-corrected chi connectivity index (χ3v) is 5.38. The molecule has 0 radical (unpaired) electrons. The van der Waals surface area contributed by atoms with Crippen molar-refractivity contribution in [2.45, 2.75) is 12.3 Å². The first-order valence-corrected chi connectivity index (χ1v) is 9.13. The van der Waals surface area contributed by atoms with Gasteiger partial charge in [0, 0.05) is 39.3 Å². The Morgan fingerprint density at radius 3 is 2.74 bits per heavy atom. The maximum atomic E-state index is 12.2. The lowest BCUT2D eigenvalue weighted by atomic mass is 10.0. The molecule has 0 unspecified atom stereocenters. The molecule has 124 valence electrons. The Bertz CT molecular complexity index is 858. The van der Waals surface area contributed by atoms with Gasteiger partial charge in [0.25, 0.3) is 5.91 Å². The van der Waals surface area contributed by atoms with E-state index in [2.05, 4.69) is 10.1 Å². The first-order chi connectivity index (χ1) is 10.8. The largest absolute Gasteiger partial charge is 0.345 e. The molecule has 2 aromatic rings. The summed E-state index contributed by atoms with van der Waals surface area (Å²) in [5, 5.41) is 4.29. The van der Waals surface area contributed by atoms with Crippen LogP contribution in [-0.4, -0.2) is 71.6 Å². The summed E-state index contributed by atoms with van der Waals surface area (Å²) >= 11 is 0. The van der Waals surface area contributed by atoms with E-state index in [-0.39, 0.29) is 11.8 Å². The van der Waals surface area contributed by atoms with Crippen LogP contribution in [0.4, 0.5) is 0 Å². The second-order valence-corrected chi connectivity index (χ2v) is 7.95. The number of aromatic nitrogens is 3. The fourth-order valence-electron chi connectivity index (χ4n) is 2.88. The molecule has 1 aliphatic rings. The van der Waals surface area contributed by atoms with Crippen LogP contribution in [0, 0.1) is 0 Å². The molecule has 1 aliphatic heterocycles. The molecule has 3 rings (SSSR count). The molecule has 0 aromatic carbocycles. The fraction of sp³-hybridized carbons (Fsp3) is 0.500. The summed E-state index contributed by atoms with van der Waals surface area (Å²) in [5.41, 5.74) is 1.81. The second kappa shape index (κ2) is 5.57. The van der Waals surface area contributed by atoms with Gasteiger partial charge in [-0.05, 0) is 12.5 Å². The van der Waals surface area contributed by atoms with Gasteiger partial charge in [-0.3, -0.25) is 4.79 Å². The standard InChI is InChI=1S/C14H19N5O3S/c1-17(2)14(20)11-8-16-19-12(4-6-15-13(11)19)10-5-7-18(9-10)23(3,21)22/h4,6,8,10H,5,7,9H2,1-3H3/t10-/m1/s1. The molecular weight excluding hydrogens is 318 g/mol. The Balaban J connectivity index is 1.99. The molecule has 0 bridgehead atoms. The van der Waals surface area contributed by atoms with Crippen LogP contribution >= 0.6 is 0 Å². The van der Waals surface area contributed by atoms with Crippen molar-refractivity contribution < 1.29 is 13.2 Å². The lowest BCUT2D eigenvalue weighted by Crippen LogP contribution is -2.27. The number of amides is 1. The van der Waals surface area contributed by atoms with E-state index in [9.17, 15) is 13.2 Å². The molecule has 1 amide bonds. The lowest BCUT2D eigenvalue weighted by molar-refractivity contribution is 0.0829. The Morgan fingerprint density at radius 2 is 2.13 bits per heavy atom. The normalized spacial score (nSPS) is 19.3. The molecule has 8 nitrogen and oxygen atoms in total. The summed E-state index contributed by atoms with van der Waals surface area (Å²) in [6.45, 7) is 0.923. The zero-order valence-electron chi connectivity index (χ0n) is 13.3. The van der Waals surface area contributed by atoms with Crippen LogP contribution in [0.25, 0.3) is 5.65 Å². The van der Waals surface area contributed by atoms with E-state index in [1.807, 2.05) is 6.07 Å². The number of fused-ring (bicyclic) bond motifs is 1. The van der Waals surface area contributed by atoms with Crippen molar-refractivity contribution in [1.82, 2.24) is 23.8 Å². The van der Waals surface area contributed by atoms with Crippen LogP contribution in [0.3, 0.4) is 0 Å². The molecule has 1 saturated heterocycles. The van der Waals surface area contributed by atoms with Gasteiger partial charge in [0.05, 0.1) is 18.1 Å². The zero-order valence-corrected chi connectivity index (χ0v) is 14.1. The molecule has 2 aromatic heterocycles. The predicted molar refractivity (Wildman–Crippen MR) is 84.8 cm³/mol. The smallest absolute Gasteiger partial charge is 0.258 e. The van der Waals surface area contributed by atoms with Crippen molar-refractivity contribution in [1.29, 1.82) is 0 Å². The minimum atomic E-state index is -3.19. The van der Waals surface area contributed by atoms with Gasteiger partial charge in [-0.15, -0.1) is 0 Å². The maximum absolute atomic E-state index is 12.2. The van der Waals surface area contributed by atoms with Crippen LogP contribution in [-0.2, 0) is 10.0 Å². The number of hydrogen-bond acceptors (Lipinski definition) is 5. The van der Waals surface area contributed by atoms with Gasteiger partial charge < -0.3 is 4.90 Å². The lowest BCUT2D eigenvalue weighted by Gasteiger charge is -2.14. The Hall–Kier alpha value is -2.00. The van der Waals surface area contributed by atoms with E-state index in [1.165, 1.54) is 21.7 Å². The van der Waals surface area contributed by atoms with E-state index in [4.69, 9.17) is 0 Å². The van der Waals surface area contributed by atoms with Crippen LogP contribution in [0.1, 0.15) is 28.4 Å². The third-order valence-electron chi connectivity index (χ3n) is 4.11. The molecule has 1 fully saturated rings. The van der Waals surface area contributed by atoms with Crippen molar-refractivity contribution in [3.8, 4) is 0 Å². The summed E-state index contributed by atoms with van der Waals surface area (Å²) in [6.07, 6.45) is 5.10. The number of sulfonamides is 1. The van der Waals surface area contributed by atoms with Gasteiger partial charge in [0.15, 0.2) is 5.65 Å². The van der Waals surface area contributed by atoms with Crippen molar-refractivity contribution >= 4 is 21.6 Å². The highest BCUT2D eigenvalue weighted by atomic mass is 32.2. The van der Waals surface area contributed by atoms with Crippen LogP contribution in [0.5, 0.6) is 0 Å². The number of carbonyl (C=O) groups excluding carboxylic acids is 1. The van der Waals surface area contributed by atoms with Gasteiger partial charge in [0.1, 0.15) is 5.56 Å². The first kappa shape index (κ1) is 15.9. The van der Waals surface area contributed by atoms with E-state index in [0.717, 1.165) is 12.1 Å². The van der Waals surface area contributed by atoms with Crippen LogP contribution in [0.2, 0.25) is 0 Å². The SMILES string of the molecule is CN(C)C(=O)c1cnn2c([C@@H]3CCN(S(C)(=O)=O)C3)ccnc12. The predicted octanol–water partition coefficient (Wildman–Crippen LogP) is 0.180. The molecule has 0 N–H and O–H groups in total. The van der Waals surface area contributed by atoms with Gasteiger partial charge in [-0.2, -0.15) is 5.10 Å². The molecule has 0 spiro atoms. The summed E-state index contributed by atoms with van der Waals surface area (Å²) in [4.78, 5) is 17.9. The summed E-state index contributed by atoms with van der Waals surface area (Å²) in [5.74, 6) is -0.119. The summed E-state index contributed by atoms with van der Waals surface area (Å²) in [7, 11) is 0.166. The van der Waals surface area contributed by atoms with Gasteiger partial charge in [0.2, 0.25) is 10.0 Å². The minimum absolute atomic E-state index is 0.0393. The monoisotopic (exact) mass is 337 g/mol. The second-order valence-electron chi connectivity index (χ2n) is 5.97. The van der Waals surface area contributed by atoms with Crippen LogP contribution in [0.15, 0.2) is 18.5 Å². The van der Waals surface area contributed by atoms with E-state index in [0.29, 0.717) is 24.3 Å².